The molecule has 0 saturated heterocycles. The molecule has 2 aromatic carbocycles. The molecule has 2 aliphatic rings. The molecule has 0 bridgehead atoms. The van der Waals surface area contributed by atoms with E-state index in [2.05, 4.69) is 99.9 Å². The second-order valence-electron chi connectivity index (χ2n) is 6.06. The standard InChI is InChI=1S/C13H9.C7H9.C2H6Si.2ClH.Ti/c1-3-7-12-10(5-1)9-11-6-2-4-8-13(11)12;1-2-7-5-3-4-6-7;1-3-2;;;/h1-5,7-8H,9H2;3,5H,2,4H2,1H3;1-2H3;2*1H;/q2*-1;;;;+2/p-2. The summed E-state index contributed by atoms with van der Waals surface area (Å²) in [4.78, 5) is 0. The molecule has 0 spiro atoms. The fraction of sp³-hybridized carbons (Fsp3) is 0.273. The predicted octanol–water partition coefficient (Wildman–Crippen LogP) is -0.0638. The molecule has 0 saturated carbocycles. The van der Waals surface area contributed by atoms with Gasteiger partial charge < -0.3 is 24.8 Å². The van der Waals surface area contributed by atoms with Gasteiger partial charge in [-0.3, -0.25) is 6.08 Å². The fourth-order valence-electron chi connectivity index (χ4n) is 2.69. The van der Waals surface area contributed by atoms with Crippen LogP contribution in [0.15, 0.2) is 60.2 Å². The van der Waals surface area contributed by atoms with Crippen LogP contribution in [-0.4, -0.2) is 6.19 Å². The summed E-state index contributed by atoms with van der Waals surface area (Å²) >= 11 is 2.27. The van der Waals surface area contributed by atoms with E-state index >= 15 is 0 Å². The van der Waals surface area contributed by atoms with Crippen molar-refractivity contribution >= 4 is 6.19 Å². The molecule has 0 nitrogen and oxygen atoms in total. The van der Waals surface area contributed by atoms with Crippen LogP contribution in [0.3, 0.4) is 0 Å². The normalized spacial score (nSPS) is 12.0. The van der Waals surface area contributed by atoms with E-state index in [0.29, 0.717) is 0 Å². The number of hydrogen-bond acceptors (Lipinski definition) is 0. The minimum absolute atomic E-state index is 0. The molecule has 0 aliphatic heterocycles. The minimum atomic E-state index is 0. The first-order chi connectivity index (χ1) is 11.6. The Hall–Kier alpha value is -0.569. The summed E-state index contributed by atoms with van der Waals surface area (Å²) in [5.41, 5.74) is 6.87. The summed E-state index contributed by atoms with van der Waals surface area (Å²) in [6.45, 7) is 6.69. The molecule has 0 fully saturated rings. The van der Waals surface area contributed by atoms with Crippen LogP contribution in [0.1, 0.15) is 30.9 Å². The van der Waals surface area contributed by atoms with Gasteiger partial charge >= 0.3 is 38.5 Å². The largest absolute Gasteiger partial charge is 1.00 e. The molecule has 0 radical (unpaired) electrons. The number of benzene rings is 2. The van der Waals surface area contributed by atoms with Crippen LogP contribution in [-0.2, 0) is 25.6 Å². The monoisotopic (exact) mass is 434 g/mol. The van der Waals surface area contributed by atoms with Gasteiger partial charge in [0.25, 0.3) is 0 Å². The van der Waals surface area contributed by atoms with Gasteiger partial charge in [0.05, 0.1) is 0 Å². The Balaban J connectivity index is 0.000000415. The third-order valence-electron chi connectivity index (χ3n) is 3.76. The first-order valence-corrected chi connectivity index (χ1v) is 13.3. The van der Waals surface area contributed by atoms with Crippen molar-refractivity contribution in [3.8, 4) is 11.1 Å². The second-order valence-corrected chi connectivity index (χ2v) is 12.7. The summed E-state index contributed by atoms with van der Waals surface area (Å²) < 4.78 is 0. The quantitative estimate of drug-likeness (QED) is 0.371. The summed E-state index contributed by atoms with van der Waals surface area (Å²) in [5, 5.41) is 0. The van der Waals surface area contributed by atoms with E-state index in [1.165, 1.54) is 27.8 Å². The van der Waals surface area contributed by atoms with E-state index in [9.17, 15) is 0 Å². The van der Waals surface area contributed by atoms with Gasteiger partial charge in [0.1, 0.15) is 0 Å². The van der Waals surface area contributed by atoms with Crippen LogP contribution in [0.5, 0.6) is 0 Å². The van der Waals surface area contributed by atoms with Gasteiger partial charge in [0.15, 0.2) is 0 Å². The smallest absolute Gasteiger partial charge is 0.0253 e. The van der Waals surface area contributed by atoms with Crippen molar-refractivity contribution in [2.75, 3.05) is 0 Å². The Morgan fingerprint density at radius 3 is 2.27 bits per heavy atom. The molecule has 0 unspecified atom stereocenters. The van der Waals surface area contributed by atoms with Crippen LogP contribution in [0.25, 0.3) is 11.1 Å². The Morgan fingerprint density at radius 1 is 1.04 bits per heavy atom. The van der Waals surface area contributed by atoms with E-state index in [1.807, 2.05) is 6.07 Å². The third kappa shape index (κ3) is 7.98. The summed E-state index contributed by atoms with van der Waals surface area (Å²) in [7, 11) is 0. The molecule has 4 rings (SSSR count). The molecule has 4 heteroatoms. The van der Waals surface area contributed by atoms with Crippen molar-refractivity contribution in [3.05, 3.63) is 83.5 Å². The molecule has 26 heavy (non-hydrogen) atoms. The summed E-state index contributed by atoms with van der Waals surface area (Å²) in [6.07, 6.45) is 10.8. The number of halogens is 2. The number of fused-ring (bicyclic) bond motifs is 3. The van der Waals surface area contributed by atoms with Crippen LogP contribution in [0.2, 0.25) is 13.1 Å². The van der Waals surface area contributed by atoms with E-state index in [1.54, 1.807) is 0 Å². The van der Waals surface area contributed by atoms with Gasteiger partial charge in [-0.25, -0.2) is 11.6 Å². The molecular weight excluding hydrogens is 411 g/mol. The van der Waals surface area contributed by atoms with E-state index in [-0.39, 0.29) is 31.0 Å². The SMILES string of the molecule is CCC1=[C-]CC=C1.C[Si](C)=[Ti+2].[Cl-].[Cl-].[c-]1cccc2c1Cc1ccccc1-2. The van der Waals surface area contributed by atoms with Crippen LogP contribution in [0, 0.1) is 12.1 Å². The molecule has 0 heterocycles. The summed E-state index contributed by atoms with van der Waals surface area (Å²) in [5.74, 6) is 0. The molecular formula is C22H24Cl2SiTi-2. The van der Waals surface area contributed by atoms with Gasteiger partial charge in [0, 0.05) is 0 Å². The van der Waals surface area contributed by atoms with Crippen molar-refractivity contribution in [3.63, 3.8) is 0 Å². The van der Waals surface area contributed by atoms with Crippen LogP contribution in [0.4, 0.5) is 0 Å². The Kier molecular flexibility index (Phi) is 13.3. The van der Waals surface area contributed by atoms with Gasteiger partial charge in [-0.2, -0.15) is 35.9 Å². The van der Waals surface area contributed by atoms with Crippen LogP contribution >= 0.6 is 0 Å². The fourth-order valence-corrected chi connectivity index (χ4v) is 2.69. The molecule has 0 atom stereocenters. The van der Waals surface area contributed by atoms with E-state index in [0.717, 1.165) is 19.3 Å². The van der Waals surface area contributed by atoms with Gasteiger partial charge in [-0.05, 0) is 6.42 Å². The van der Waals surface area contributed by atoms with Crippen molar-refractivity contribution in [2.24, 2.45) is 0 Å². The molecule has 0 N–H and O–H groups in total. The average Bonchev–Trinajstić information content (AvgIpc) is 3.22. The zero-order valence-electron chi connectivity index (χ0n) is 15.6. The van der Waals surface area contributed by atoms with E-state index < -0.39 is 0 Å². The van der Waals surface area contributed by atoms with Crippen molar-refractivity contribution in [1.82, 2.24) is 0 Å². The van der Waals surface area contributed by atoms with Gasteiger partial charge in [-0.15, -0.1) is 12.0 Å². The molecule has 136 valence electrons. The summed E-state index contributed by atoms with van der Waals surface area (Å²) in [6, 6.07) is 18.1. The molecule has 2 aromatic rings. The molecule has 2 aliphatic carbocycles. The Labute approximate surface area is 183 Å². The maximum absolute atomic E-state index is 3.30. The molecule has 0 aromatic heterocycles. The zero-order valence-corrected chi connectivity index (χ0v) is 19.6. The maximum atomic E-state index is 3.30. The van der Waals surface area contributed by atoms with Gasteiger partial charge in [0.2, 0.25) is 0 Å². The maximum Gasteiger partial charge on any atom is -0.0253 e. The number of allylic oxidation sites excluding steroid dienone is 4. The Morgan fingerprint density at radius 2 is 1.69 bits per heavy atom. The van der Waals surface area contributed by atoms with Crippen LogP contribution < -0.4 is 24.8 Å². The average molecular weight is 435 g/mol. The minimum Gasteiger partial charge on any atom is -1.00 e. The predicted molar refractivity (Wildman–Crippen MR) is 102 cm³/mol. The van der Waals surface area contributed by atoms with Crippen molar-refractivity contribution in [2.45, 2.75) is 39.3 Å². The molecule has 0 amide bonds. The van der Waals surface area contributed by atoms with Gasteiger partial charge in [-0.1, -0.05) is 48.7 Å². The topological polar surface area (TPSA) is 0 Å². The zero-order chi connectivity index (χ0) is 17.4. The second kappa shape index (κ2) is 13.6. The van der Waals surface area contributed by atoms with E-state index in [4.69, 9.17) is 0 Å². The number of rotatable bonds is 1. The first kappa shape index (κ1) is 25.4. The first-order valence-electron chi connectivity index (χ1n) is 8.47. The van der Waals surface area contributed by atoms with Crippen molar-refractivity contribution in [1.29, 1.82) is 0 Å². The van der Waals surface area contributed by atoms with Crippen molar-refractivity contribution < 1.29 is 44.0 Å². The number of hydrogen-bond donors (Lipinski definition) is 0. The third-order valence-corrected chi connectivity index (χ3v) is 3.76. The Bertz CT molecular complexity index is 719.